The molecule has 0 aliphatic carbocycles. The van der Waals surface area contributed by atoms with Gasteiger partial charge in [0.05, 0.1) is 5.41 Å². The van der Waals surface area contributed by atoms with Crippen LogP contribution in [0, 0.1) is 5.92 Å². The van der Waals surface area contributed by atoms with Crippen molar-refractivity contribution >= 4 is 11.6 Å². The number of hydrogen-bond donors (Lipinski definition) is 2. The van der Waals surface area contributed by atoms with Crippen LogP contribution in [0.2, 0.25) is 0 Å². The number of carbonyl (C=O) groups excluding carboxylic acids is 1. The Morgan fingerprint density at radius 2 is 2.05 bits per heavy atom. The number of likely N-dealkylation sites (tertiary alicyclic amines) is 1. The lowest BCUT2D eigenvalue weighted by atomic mass is 9.83. The maximum atomic E-state index is 12.5. The summed E-state index contributed by atoms with van der Waals surface area (Å²) in [5.74, 6) is 0.649. The molecule has 1 aromatic rings. The number of carbonyl (C=O) groups is 1. The van der Waals surface area contributed by atoms with Gasteiger partial charge in [-0.3, -0.25) is 4.79 Å². The molecule has 0 saturated carbocycles. The molecular weight excluding hydrogens is 262 g/mol. The van der Waals surface area contributed by atoms with Crippen LogP contribution in [0.1, 0.15) is 32.3 Å². The fourth-order valence-electron chi connectivity index (χ4n) is 2.93. The van der Waals surface area contributed by atoms with E-state index >= 15 is 0 Å². The third-order valence-corrected chi connectivity index (χ3v) is 4.47. The summed E-state index contributed by atoms with van der Waals surface area (Å²) >= 11 is 0. The van der Waals surface area contributed by atoms with Crippen molar-refractivity contribution < 1.29 is 4.79 Å². The van der Waals surface area contributed by atoms with E-state index in [1.54, 1.807) is 0 Å². The second-order valence-corrected chi connectivity index (χ2v) is 6.73. The normalized spacial score (nSPS) is 20.2. The topological polar surface area (TPSA) is 58.4 Å². The standard InChI is InChI=1S/C17H27N3O/c1-17(2,14-6-8-15(18)9-7-14)16(21)19-11-13-5-4-10-20(3)12-13/h6-9,13H,4-5,10-12,18H2,1-3H3,(H,19,21). The first kappa shape index (κ1) is 15.8. The monoisotopic (exact) mass is 289 g/mol. The molecule has 0 radical (unpaired) electrons. The van der Waals surface area contributed by atoms with Crippen LogP contribution < -0.4 is 11.1 Å². The average Bonchev–Trinajstić information content (AvgIpc) is 2.45. The second kappa shape index (κ2) is 6.48. The lowest BCUT2D eigenvalue weighted by molar-refractivity contribution is -0.125. The van der Waals surface area contributed by atoms with Gasteiger partial charge in [0, 0.05) is 18.8 Å². The Labute approximate surface area is 127 Å². The molecule has 116 valence electrons. The van der Waals surface area contributed by atoms with Crippen molar-refractivity contribution in [2.24, 2.45) is 5.92 Å². The quantitative estimate of drug-likeness (QED) is 0.834. The molecule has 1 saturated heterocycles. The summed E-state index contributed by atoms with van der Waals surface area (Å²) < 4.78 is 0. The number of anilines is 1. The van der Waals surface area contributed by atoms with Gasteiger partial charge >= 0.3 is 0 Å². The maximum Gasteiger partial charge on any atom is 0.230 e. The molecule has 0 aromatic heterocycles. The Bertz CT molecular complexity index is 481. The van der Waals surface area contributed by atoms with E-state index in [2.05, 4.69) is 17.3 Å². The summed E-state index contributed by atoms with van der Waals surface area (Å²) in [5, 5.41) is 3.13. The number of rotatable bonds is 4. The summed E-state index contributed by atoms with van der Waals surface area (Å²) in [5.41, 5.74) is 6.89. The van der Waals surface area contributed by atoms with Gasteiger partial charge in [-0.25, -0.2) is 0 Å². The van der Waals surface area contributed by atoms with Crippen molar-refractivity contribution in [3.8, 4) is 0 Å². The molecule has 4 nitrogen and oxygen atoms in total. The Morgan fingerprint density at radius 1 is 1.38 bits per heavy atom. The molecule has 1 heterocycles. The lowest BCUT2D eigenvalue weighted by Crippen LogP contribution is -2.44. The Hall–Kier alpha value is -1.55. The molecule has 0 spiro atoms. The number of piperidine rings is 1. The van der Waals surface area contributed by atoms with Crippen molar-refractivity contribution in [3.05, 3.63) is 29.8 Å². The molecule has 1 fully saturated rings. The van der Waals surface area contributed by atoms with Crippen LogP contribution >= 0.6 is 0 Å². The maximum absolute atomic E-state index is 12.5. The number of benzene rings is 1. The van der Waals surface area contributed by atoms with Crippen molar-refractivity contribution in [1.82, 2.24) is 10.2 Å². The minimum absolute atomic E-state index is 0.0838. The minimum Gasteiger partial charge on any atom is -0.399 e. The third kappa shape index (κ3) is 3.97. The summed E-state index contributed by atoms with van der Waals surface area (Å²) in [6.07, 6.45) is 2.42. The molecule has 21 heavy (non-hydrogen) atoms. The summed E-state index contributed by atoms with van der Waals surface area (Å²) in [6.45, 7) is 6.92. The lowest BCUT2D eigenvalue weighted by Gasteiger charge is -2.31. The van der Waals surface area contributed by atoms with Gasteiger partial charge in [-0.1, -0.05) is 12.1 Å². The fraction of sp³-hybridized carbons (Fsp3) is 0.588. The first-order chi connectivity index (χ1) is 9.89. The van der Waals surface area contributed by atoms with E-state index in [1.165, 1.54) is 19.4 Å². The average molecular weight is 289 g/mol. The second-order valence-electron chi connectivity index (χ2n) is 6.73. The zero-order valence-corrected chi connectivity index (χ0v) is 13.4. The van der Waals surface area contributed by atoms with Gasteiger partial charge in [0.2, 0.25) is 5.91 Å². The largest absolute Gasteiger partial charge is 0.399 e. The number of nitrogens with zero attached hydrogens (tertiary/aromatic N) is 1. The predicted molar refractivity (Wildman–Crippen MR) is 87.1 cm³/mol. The van der Waals surface area contributed by atoms with Crippen LogP contribution in [0.15, 0.2) is 24.3 Å². The molecule has 1 aromatic carbocycles. The Kier molecular flexibility index (Phi) is 4.88. The van der Waals surface area contributed by atoms with Crippen molar-refractivity contribution in [3.63, 3.8) is 0 Å². The Morgan fingerprint density at radius 3 is 2.67 bits per heavy atom. The van der Waals surface area contributed by atoms with Gasteiger partial charge in [0.1, 0.15) is 0 Å². The molecule has 3 N–H and O–H groups in total. The van der Waals surface area contributed by atoms with Crippen molar-refractivity contribution in [2.45, 2.75) is 32.1 Å². The number of amides is 1. The number of nitrogen functional groups attached to an aromatic ring is 1. The number of hydrogen-bond acceptors (Lipinski definition) is 3. The van der Waals surface area contributed by atoms with Gasteiger partial charge in [0.15, 0.2) is 0 Å². The van der Waals surface area contributed by atoms with Gasteiger partial charge in [-0.15, -0.1) is 0 Å². The van der Waals surface area contributed by atoms with Gasteiger partial charge in [-0.2, -0.15) is 0 Å². The van der Waals surface area contributed by atoms with Gasteiger partial charge < -0.3 is 16.0 Å². The van der Waals surface area contributed by atoms with Crippen LogP contribution in [-0.4, -0.2) is 37.5 Å². The van der Waals surface area contributed by atoms with E-state index in [1.807, 2.05) is 38.1 Å². The van der Waals surface area contributed by atoms with E-state index in [9.17, 15) is 4.79 Å². The van der Waals surface area contributed by atoms with E-state index in [4.69, 9.17) is 5.73 Å². The van der Waals surface area contributed by atoms with Crippen LogP contribution in [0.4, 0.5) is 5.69 Å². The van der Waals surface area contributed by atoms with Crippen LogP contribution in [0.25, 0.3) is 0 Å². The van der Waals surface area contributed by atoms with Crippen LogP contribution in [0.3, 0.4) is 0 Å². The summed E-state index contributed by atoms with van der Waals surface area (Å²) in [7, 11) is 2.15. The Balaban J connectivity index is 1.93. The molecule has 1 amide bonds. The zero-order chi connectivity index (χ0) is 15.5. The van der Waals surface area contributed by atoms with Gasteiger partial charge in [0.25, 0.3) is 0 Å². The van der Waals surface area contributed by atoms with Crippen molar-refractivity contribution in [2.75, 3.05) is 32.4 Å². The highest BCUT2D eigenvalue weighted by atomic mass is 16.2. The predicted octanol–water partition coefficient (Wildman–Crippen LogP) is 2.00. The molecular formula is C17H27N3O. The summed E-state index contributed by atoms with van der Waals surface area (Å²) in [4.78, 5) is 14.9. The van der Waals surface area contributed by atoms with Crippen LogP contribution in [-0.2, 0) is 10.2 Å². The van der Waals surface area contributed by atoms with E-state index < -0.39 is 5.41 Å². The first-order valence-electron chi connectivity index (χ1n) is 7.72. The molecule has 4 heteroatoms. The molecule has 0 bridgehead atoms. The van der Waals surface area contributed by atoms with Gasteiger partial charge in [-0.05, 0) is 63.9 Å². The molecule has 1 aliphatic rings. The smallest absolute Gasteiger partial charge is 0.230 e. The minimum atomic E-state index is -0.533. The highest BCUT2D eigenvalue weighted by Gasteiger charge is 2.30. The zero-order valence-electron chi connectivity index (χ0n) is 13.4. The number of nitrogens with two attached hydrogens (primary N) is 1. The van der Waals surface area contributed by atoms with E-state index in [0.29, 0.717) is 5.92 Å². The molecule has 2 rings (SSSR count). The molecule has 1 unspecified atom stereocenters. The van der Waals surface area contributed by atoms with Crippen LogP contribution in [0.5, 0.6) is 0 Å². The SMILES string of the molecule is CN1CCCC(CNC(=O)C(C)(C)c2ccc(N)cc2)C1. The molecule has 1 atom stereocenters. The molecule has 1 aliphatic heterocycles. The number of nitrogens with one attached hydrogen (secondary N) is 1. The van der Waals surface area contributed by atoms with Crippen molar-refractivity contribution in [1.29, 1.82) is 0 Å². The highest BCUT2D eigenvalue weighted by Crippen LogP contribution is 2.24. The highest BCUT2D eigenvalue weighted by molar-refractivity contribution is 5.87. The van der Waals surface area contributed by atoms with E-state index in [0.717, 1.165) is 24.3 Å². The third-order valence-electron chi connectivity index (χ3n) is 4.47. The first-order valence-corrected chi connectivity index (χ1v) is 7.72. The fourth-order valence-corrected chi connectivity index (χ4v) is 2.93. The van der Waals surface area contributed by atoms with E-state index in [-0.39, 0.29) is 5.91 Å². The summed E-state index contributed by atoms with van der Waals surface area (Å²) in [6, 6.07) is 7.56.